The van der Waals surface area contributed by atoms with E-state index in [0.717, 1.165) is 5.56 Å². The van der Waals surface area contributed by atoms with E-state index in [1.54, 1.807) is 26.2 Å². The lowest BCUT2D eigenvalue weighted by atomic mass is 9.94. The Morgan fingerprint density at radius 2 is 2.22 bits per heavy atom. The van der Waals surface area contributed by atoms with Gasteiger partial charge in [0.1, 0.15) is 0 Å². The number of carboxylic acids is 1. The summed E-state index contributed by atoms with van der Waals surface area (Å²) in [5, 5.41) is 20.6. The summed E-state index contributed by atoms with van der Waals surface area (Å²) in [4.78, 5) is 22.4. The van der Waals surface area contributed by atoms with Crippen molar-refractivity contribution in [2.45, 2.75) is 26.8 Å². The van der Waals surface area contributed by atoms with Gasteiger partial charge < -0.3 is 15.7 Å². The van der Waals surface area contributed by atoms with Crippen molar-refractivity contribution < 1.29 is 14.7 Å². The number of aromatic nitrogens is 2. The molecule has 0 bridgehead atoms. The number of aliphatic carboxylic acids is 1. The number of urea groups is 1. The van der Waals surface area contributed by atoms with Crippen LogP contribution < -0.4 is 10.6 Å². The molecule has 18 heavy (non-hydrogen) atoms. The van der Waals surface area contributed by atoms with Crippen molar-refractivity contribution >= 4 is 12.0 Å². The molecule has 1 atom stereocenters. The first-order valence-corrected chi connectivity index (χ1v) is 5.59. The van der Waals surface area contributed by atoms with Crippen LogP contribution in [0.2, 0.25) is 0 Å². The molecule has 0 radical (unpaired) electrons. The predicted molar refractivity (Wildman–Crippen MR) is 65.0 cm³/mol. The second kappa shape index (κ2) is 5.52. The Balaban J connectivity index is 2.41. The van der Waals surface area contributed by atoms with Gasteiger partial charge in [0.25, 0.3) is 0 Å². The Morgan fingerprint density at radius 3 is 2.72 bits per heavy atom. The van der Waals surface area contributed by atoms with Crippen molar-refractivity contribution in [2.24, 2.45) is 5.41 Å². The summed E-state index contributed by atoms with van der Waals surface area (Å²) >= 11 is 0. The van der Waals surface area contributed by atoms with Crippen molar-refractivity contribution in [3.8, 4) is 0 Å². The molecule has 4 N–H and O–H groups in total. The molecule has 1 aromatic rings. The molecule has 0 aliphatic rings. The third kappa shape index (κ3) is 3.76. The quantitative estimate of drug-likeness (QED) is 0.625. The fourth-order valence-corrected chi connectivity index (χ4v) is 1.21. The highest BCUT2D eigenvalue weighted by Gasteiger charge is 2.27. The third-order valence-corrected chi connectivity index (χ3v) is 2.64. The molecule has 0 saturated carbocycles. The topological polar surface area (TPSA) is 107 Å². The van der Waals surface area contributed by atoms with Gasteiger partial charge in [-0.05, 0) is 20.8 Å². The van der Waals surface area contributed by atoms with Crippen LogP contribution in [0.5, 0.6) is 0 Å². The van der Waals surface area contributed by atoms with Gasteiger partial charge in [-0.2, -0.15) is 5.10 Å². The smallest absolute Gasteiger partial charge is 0.315 e. The zero-order valence-corrected chi connectivity index (χ0v) is 10.7. The molecule has 1 unspecified atom stereocenters. The molecule has 100 valence electrons. The number of nitrogens with one attached hydrogen (secondary N) is 3. The van der Waals surface area contributed by atoms with Crippen LogP contribution in [0.4, 0.5) is 4.79 Å². The summed E-state index contributed by atoms with van der Waals surface area (Å²) in [6, 6.07) is -0.602. The van der Waals surface area contributed by atoms with Gasteiger partial charge in [-0.1, -0.05) is 0 Å². The number of H-pyrrole nitrogens is 1. The second-order valence-corrected chi connectivity index (χ2v) is 4.77. The van der Waals surface area contributed by atoms with Crippen molar-refractivity contribution in [2.75, 3.05) is 6.54 Å². The first-order chi connectivity index (χ1) is 8.33. The Hall–Kier alpha value is -2.05. The van der Waals surface area contributed by atoms with Crippen molar-refractivity contribution in [3.05, 3.63) is 18.0 Å². The largest absolute Gasteiger partial charge is 0.481 e. The summed E-state index contributed by atoms with van der Waals surface area (Å²) in [6.07, 6.45) is 3.30. The number of amides is 2. The Kier molecular flexibility index (Phi) is 4.30. The number of hydrogen-bond acceptors (Lipinski definition) is 3. The van der Waals surface area contributed by atoms with Crippen LogP contribution in [0.25, 0.3) is 0 Å². The molecule has 1 heterocycles. The van der Waals surface area contributed by atoms with E-state index in [-0.39, 0.29) is 12.6 Å². The van der Waals surface area contributed by atoms with Gasteiger partial charge >= 0.3 is 12.0 Å². The summed E-state index contributed by atoms with van der Waals surface area (Å²) < 4.78 is 0. The van der Waals surface area contributed by atoms with Crippen molar-refractivity contribution in [1.29, 1.82) is 0 Å². The number of carbonyl (C=O) groups excluding carboxylic acids is 1. The number of rotatable bonds is 5. The normalized spacial score (nSPS) is 12.8. The van der Waals surface area contributed by atoms with E-state index in [9.17, 15) is 9.59 Å². The predicted octanol–water partition coefficient (Wildman–Crippen LogP) is 0.881. The fraction of sp³-hybridized carbons (Fsp3) is 0.545. The van der Waals surface area contributed by atoms with Crippen LogP contribution in [-0.2, 0) is 4.79 Å². The molecular formula is C11H18N4O3. The third-order valence-electron chi connectivity index (χ3n) is 2.64. The first-order valence-electron chi connectivity index (χ1n) is 5.59. The van der Waals surface area contributed by atoms with Gasteiger partial charge in [-0.25, -0.2) is 4.79 Å². The lowest BCUT2D eigenvalue weighted by molar-refractivity contribution is -0.146. The molecule has 0 spiro atoms. The minimum absolute atomic E-state index is 0.0618. The summed E-state index contributed by atoms with van der Waals surface area (Å²) in [6.45, 7) is 4.98. The van der Waals surface area contributed by atoms with E-state index in [1.807, 2.05) is 6.92 Å². The minimum atomic E-state index is -0.990. The average molecular weight is 254 g/mol. The molecule has 0 aromatic carbocycles. The van der Waals surface area contributed by atoms with Crippen molar-refractivity contribution in [3.63, 3.8) is 0 Å². The van der Waals surface area contributed by atoms with E-state index in [2.05, 4.69) is 20.8 Å². The molecule has 2 amide bonds. The van der Waals surface area contributed by atoms with Crippen LogP contribution in [0.1, 0.15) is 32.4 Å². The van der Waals surface area contributed by atoms with E-state index in [1.165, 1.54) is 0 Å². The van der Waals surface area contributed by atoms with Gasteiger partial charge in [-0.3, -0.25) is 9.89 Å². The summed E-state index contributed by atoms with van der Waals surface area (Å²) in [7, 11) is 0. The number of carboxylic acid groups (broad SMARTS) is 1. The van der Waals surface area contributed by atoms with E-state index < -0.39 is 17.4 Å². The number of carbonyl (C=O) groups is 2. The zero-order valence-electron chi connectivity index (χ0n) is 10.7. The highest BCUT2D eigenvalue weighted by atomic mass is 16.4. The Labute approximate surface area is 105 Å². The minimum Gasteiger partial charge on any atom is -0.481 e. The van der Waals surface area contributed by atoms with Crippen LogP contribution in [-0.4, -0.2) is 33.8 Å². The molecule has 0 saturated heterocycles. The maximum Gasteiger partial charge on any atom is 0.315 e. The SMILES string of the molecule is CC(NC(=O)NCC(C)(C)C(=O)O)c1cn[nH]c1. The summed E-state index contributed by atoms with van der Waals surface area (Å²) in [5.74, 6) is -0.953. The van der Waals surface area contributed by atoms with Gasteiger partial charge in [0.15, 0.2) is 0 Å². The van der Waals surface area contributed by atoms with Gasteiger partial charge in [0, 0.05) is 18.3 Å². The molecule has 0 fully saturated rings. The van der Waals surface area contributed by atoms with E-state index in [0.29, 0.717) is 0 Å². The summed E-state index contributed by atoms with van der Waals surface area (Å²) in [5.41, 5.74) is -0.140. The van der Waals surface area contributed by atoms with E-state index in [4.69, 9.17) is 5.11 Å². The van der Waals surface area contributed by atoms with Crippen LogP contribution in [0.3, 0.4) is 0 Å². The maximum atomic E-state index is 11.6. The fourth-order valence-electron chi connectivity index (χ4n) is 1.21. The van der Waals surface area contributed by atoms with Gasteiger partial charge in [-0.15, -0.1) is 0 Å². The molecule has 1 aromatic heterocycles. The number of aromatic amines is 1. The van der Waals surface area contributed by atoms with Crippen LogP contribution >= 0.6 is 0 Å². The van der Waals surface area contributed by atoms with E-state index >= 15 is 0 Å². The Bertz CT molecular complexity index is 414. The second-order valence-electron chi connectivity index (χ2n) is 4.77. The number of hydrogen-bond donors (Lipinski definition) is 4. The Morgan fingerprint density at radius 1 is 1.56 bits per heavy atom. The highest BCUT2D eigenvalue weighted by Crippen LogP contribution is 2.13. The molecular weight excluding hydrogens is 236 g/mol. The standard InChI is InChI=1S/C11H18N4O3/c1-7(8-4-13-14-5-8)15-10(18)12-6-11(2,3)9(16)17/h4-5,7H,6H2,1-3H3,(H,13,14)(H,16,17)(H2,12,15,18). The average Bonchev–Trinajstić information content (AvgIpc) is 2.79. The molecule has 0 aliphatic heterocycles. The lowest BCUT2D eigenvalue weighted by Gasteiger charge is -2.20. The molecule has 7 heteroatoms. The molecule has 0 aliphatic carbocycles. The monoisotopic (exact) mass is 254 g/mol. The van der Waals surface area contributed by atoms with Gasteiger partial charge in [0.05, 0.1) is 17.7 Å². The molecule has 1 rings (SSSR count). The number of nitrogens with zero attached hydrogens (tertiary/aromatic N) is 1. The zero-order chi connectivity index (χ0) is 13.8. The van der Waals surface area contributed by atoms with Gasteiger partial charge in [0.2, 0.25) is 0 Å². The first kappa shape index (κ1) is 14.0. The molecule has 7 nitrogen and oxygen atoms in total. The lowest BCUT2D eigenvalue weighted by Crippen LogP contribution is -2.44. The maximum absolute atomic E-state index is 11.6. The van der Waals surface area contributed by atoms with Crippen molar-refractivity contribution in [1.82, 2.24) is 20.8 Å². The highest BCUT2D eigenvalue weighted by molar-refractivity contribution is 5.77. The van der Waals surface area contributed by atoms with Crippen LogP contribution in [0, 0.1) is 5.41 Å². The van der Waals surface area contributed by atoms with Crippen LogP contribution in [0.15, 0.2) is 12.4 Å².